The standard InChI is InChI=1S/C15H19F3N2O3/c1-2-11(9-21)19-13(22)7-10-3-5-12(6-4-10)20-14(23)8-15(16,17)18/h3-6,11,21H,2,7-9H2,1H3,(H,19,22)(H,20,23). The molecule has 5 nitrogen and oxygen atoms in total. The number of rotatable bonds is 7. The Morgan fingerprint density at radius 2 is 1.78 bits per heavy atom. The maximum absolute atomic E-state index is 12.1. The van der Waals surface area contributed by atoms with Gasteiger partial charge in [0.05, 0.1) is 19.1 Å². The van der Waals surface area contributed by atoms with Crippen LogP contribution in [0.2, 0.25) is 0 Å². The van der Waals surface area contributed by atoms with Gasteiger partial charge in [-0.15, -0.1) is 0 Å². The van der Waals surface area contributed by atoms with Gasteiger partial charge in [0.2, 0.25) is 11.8 Å². The smallest absolute Gasteiger partial charge is 0.394 e. The Kier molecular flexibility index (Phi) is 7.02. The SMILES string of the molecule is CCC(CO)NC(=O)Cc1ccc(NC(=O)CC(F)(F)F)cc1. The zero-order chi connectivity index (χ0) is 17.5. The van der Waals surface area contributed by atoms with Crippen LogP contribution in [0.3, 0.4) is 0 Å². The summed E-state index contributed by atoms with van der Waals surface area (Å²) in [6.45, 7) is 1.69. The lowest BCUT2D eigenvalue weighted by Gasteiger charge is -2.14. The number of halogens is 3. The first kappa shape index (κ1) is 19.0. The average Bonchev–Trinajstić information content (AvgIpc) is 2.44. The van der Waals surface area contributed by atoms with Gasteiger partial charge in [0, 0.05) is 5.69 Å². The van der Waals surface area contributed by atoms with Gasteiger partial charge in [-0.3, -0.25) is 9.59 Å². The molecule has 1 unspecified atom stereocenters. The summed E-state index contributed by atoms with van der Waals surface area (Å²) < 4.78 is 36.2. The van der Waals surface area contributed by atoms with Gasteiger partial charge in [0.1, 0.15) is 6.42 Å². The fourth-order valence-electron chi connectivity index (χ4n) is 1.83. The zero-order valence-electron chi connectivity index (χ0n) is 12.6. The number of hydrogen-bond donors (Lipinski definition) is 3. The highest BCUT2D eigenvalue weighted by molar-refractivity contribution is 5.91. The summed E-state index contributed by atoms with van der Waals surface area (Å²) in [5, 5.41) is 13.8. The van der Waals surface area contributed by atoms with Crippen molar-refractivity contribution in [3.05, 3.63) is 29.8 Å². The molecular weight excluding hydrogens is 313 g/mol. The lowest BCUT2D eigenvalue weighted by Crippen LogP contribution is -2.37. The van der Waals surface area contributed by atoms with E-state index in [0.29, 0.717) is 12.0 Å². The number of aliphatic hydroxyl groups is 1. The van der Waals surface area contributed by atoms with Crippen molar-refractivity contribution in [3.63, 3.8) is 0 Å². The Hall–Kier alpha value is -2.09. The van der Waals surface area contributed by atoms with E-state index in [1.165, 1.54) is 12.1 Å². The molecule has 0 aliphatic rings. The molecule has 2 amide bonds. The third-order valence-corrected chi connectivity index (χ3v) is 3.04. The van der Waals surface area contributed by atoms with Crippen LogP contribution in [0.15, 0.2) is 24.3 Å². The van der Waals surface area contributed by atoms with E-state index in [2.05, 4.69) is 10.6 Å². The molecule has 0 aromatic heterocycles. The van der Waals surface area contributed by atoms with Crippen LogP contribution in [-0.2, 0) is 16.0 Å². The van der Waals surface area contributed by atoms with Crippen LogP contribution < -0.4 is 10.6 Å². The summed E-state index contributed by atoms with van der Waals surface area (Å²) in [4.78, 5) is 22.9. The van der Waals surface area contributed by atoms with Gasteiger partial charge >= 0.3 is 6.18 Å². The minimum atomic E-state index is -4.55. The van der Waals surface area contributed by atoms with Crippen molar-refractivity contribution in [2.45, 2.75) is 38.4 Å². The minimum absolute atomic E-state index is 0.0767. The number of hydrogen-bond acceptors (Lipinski definition) is 3. The first-order valence-electron chi connectivity index (χ1n) is 7.09. The van der Waals surface area contributed by atoms with E-state index in [1.54, 1.807) is 12.1 Å². The van der Waals surface area contributed by atoms with Crippen molar-refractivity contribution in [1.29, 1.82) is 0 Å². The Bertz CT molecular complexity index is 526. The summed E-state index contributed by atoms with van der Waals surface area (Å²) in [6, 6.07) is 5.65. The Labute approximate surface area is 131 Å². The van der Waals surface area contributed by atoms with Crippen LogP contribution in [-0.4, -0.2) is 35.7 Å². The van der Waals surface area contributed by atoms with E-state index in [-0.39, 0.29) is 30.7 Å². The van der Waals surface area contributed by atoms with Crippen molar-refractivity contribution in [2.75, 3.05) is 11.9 Å². The van der Waals surface area contributed by atoms with Crippen molar-refractivity contribution < 1.29 is 27.9 Å². The van der Waals surface area contributed by atoms with Gasteiger partial charge in [-0.25, -0.2) is 0 Å². The van der Waals surface area contributed by atoms with Crippen molar-refractivity contribution in [1.82, 2.24) is 5.32 Å². The second-order valence-electron chi connectivity index (χ2n) is 5.07. The molecular formula is C15H19F3N2O3. The number of benzene rings is 1. The molecule has 0 bridgehead atoms. The highest BCUT2D eigenvalue weighted by Gasteiger charge is 2.31. The van der Waals surface area contributed by atoms with E-state index in [1.807, 2.05) is 6.92 Å². The minimum Gasteiger partial charge on any atom is -0.394 e. The van der Waals surface area contributed by atoms with E-state index < -0.39 is 18.5 Å². The predicted octanol–water partition coefficient (Wildman–Crippen LogP) is 2.01. The fraction of sp³-hybridized carbons (Fsp3) is 0.467. The van der Waals surface area contributed by atoms with Crippen molar-refractivity contribution in [3.8, 4) is 0 Å². The number of nitrogens with one attached hydrogen (secondary N) is 2. The van der Waals surface area contributed by atoms with Crippen LogP contribution in [0, 0.1) is 0 Å². The van der Waals surface area contributed by atoms with Crippen LogP contribution in [0.5, 0.6) is 0 Å². The first-order valence-corrected chi connectivity index (χ1v) is 7.09. The lowest BCUT2D eigenvalue weighted by molar-refractivity contribution is -0.150. The van der Waals surface area contributed by atoms with E-state index >= 15 is 0 Å². The Balaban J connectivity index is 2.53. The molecule has 128 valence electrons. The van der Waals surface area contributed by atoms with Crippen LogP contribution in [0.1, 0.15) is 25.3 Å². The second kappa shape index (κ2) is 8.52. The molecule has 8 heteroatoms. The maximum atomic E-state index is 12.1. The fourth-order valence-corrected chi connectivity index (χ4v) is 1.83. The summed E-state index contributed by atoms with van der Waals surface area (Å²) in [7, 11) is 0. The topological polar surface area (TPSA) is 78.4 Å². The van der Waals surface area contributed by atoms with Gasteiger partial charge < -0.3 is 15.7 Å². The number of carbonyl (C=O) groups is 2. The quantitative estimate of drug-likeness (QED) is 0.715. The number of aliphatic hydroxyl groups excluding tert-OH is 1. The molecule has 0 saturated carbocycles. The molecule has 1 aromatic carbocycles. The molecule has 0 aliphatic carbocycles. The zero-order valence-corrected chi connectivity index (χ0v) is 12.6. The normalized spacial score (nSPS) is 12.6. The summed E-state index contributed by atoms with van der Waals surface area (Å²) in [5.74, 6) is -1.41. The van der Waals surface area contributed by atoms with Crippen LogP contribution in [0.25, 0.3) is 0 Å². The van der Waals surface area contributed by atoms with E-state index in [4.69, 9.17) is 5.11 Å². The summed E-state index contributed by atoms with van der Waals surface area (Å²) >= 11 is 0. The number of carbonyl (C=O) groups excluding carboxylic acids is 2. The molecule has 1 rings (SSSR count). The number of amides is 2. The van der Waals surface area contributed by atoms with Crippen LogP contribution in [0.4, 0.5) is 18.9 Å². The molecule has 0 radical (unpaired) electrons. The van der Waals surface area contributed by atoms with E-state index in [0.717, 1.165) is 0 Å². The molecule has 0 saturated heterocycles. The first-order chi connectivity index (χ1) is 10.7. The number of anilines is 1. The molecule has 0 aliphatic heterocycles. The van der Waals surface area contributed by atoms with Gasteiger partial charge in [0.15, 0.2) is 0 Å². The molecule has 0 heterocycles. The highest BCUT2D eigenvalue weighted by Crippen LogP contribution is 2.20. The van der Waals surface area contributed by atoms with Gasteiger partial charge in [-0.2, -0.15) is 13.2 Å². The van der Waals surface area contributed by atoms with Crippen molar-refractivity contribution in [2.24, 2.45) is 0 Å². The van der Waals surface area contributed by atoms with Crippen molar-refractivity contribution >= 4 is 17.5 Å². The molecule has 3 N–H and O–H groups in total. The maximum Gasteiger partial charge on any atom is 0.397 e. The monoisotopic (exact) mass is 332 g/mol. The molecule has 23 heavy (non-hydrogen) atoms. The average molecular weight is 332 g/mol. The Morgan fingerprint density at radius 3 is 2.26 bits per heavy atom. The van der Waals surface area contributed by atoms with Gasteiger partial charge in [0.25, 0.3) is 0 Å². The number of alkyl halides is 3. The highest BCUT2D eigenvalue weighted by atomic mass is 19.4. The largest absolute Gasteiger partial charge is 0.397 e. The Morgan fingerprint density at radius 1 is 1.17 bits per heavy atom. The third-order valence-electron chi connectivity index (χ3n) is 3.04. The van der Waals surface area contributed by atoms with Crippen LogP contribution >= 0.6 is 0 Å². The van der Waals surface area contributed by atoms with Gasteiger partial charge in [-0.05, 0) is 24.1 Å². The molecule has 0 fully saturated rings. The molecule has 1 atom stereocenters. The lowest BCUT2D eigenvalue weighted by atomic mass is 10.1. The predicted molar refractivity (Wildman–Crippen MR) is 78.8 cm³/mol. The summed E-state index contributed by atoms with van der Waals surface area (Å²) in [6.07, 6.45) is -5.42. The third kappa shape index (κ3) is 7.64. The second-order valence-corrected chi connectivity index (χ2v) is 5.07. The molecule has 1 aromatic rings. The van der Waals surface area contributed by atoms with Gasteiger partial charge in [-0.1, -0.05) is 19.1 Å². The van der Waals surface area contributed by atoms with E-state index in [9.17, 15) is 22.8 Å². The molecule has 0 spiro atoms. The summed E-state index contributed by atoms with van der Waals surface area (Å²) in [5.41, 5.74) is 0.870.